The Hall–Kier alpha value is -1.06. The molecule has 1 aliphatic heterocycles. The highest BCUT2D eigenvalue weighted by atomic mass is 16.4. The average Bonchev–Trinajstić information content (AvgIpc) is 2.83. The number of nitrogens with zero attached hydrogens (tertiary/aromatic N) is 1. The highest BCUT2D eigenvalue weighted by Gasteiger charge is 2.48. The molecule has 4 heteroatoms. The first kappa shape index (κ1) is 15.3. The van der Waals surface area contributed by atoms with Crippen molar-refractivity contribution in [1.82, 2.24) is 4.90 Å². The predicted octanol–water partition coefficient (Wildman–Crippen LogP) is 3.06. The first-order chi connectivity index (χ1) is 9.56. The average molecular weight is 281 g/mol. The van der Waals surface area contributed by atoms with Crippen molar-refractivity contribution in [2.75, 3.05) is 0 Å². The van der Waals surface area contributed by atoms with Crippen molar-refractivity contribution in [1.29, 1.82) is 0 Å². The Labute approximate surface area is 121 Å². The standard InChI is InChI=1S/C16H27NO3/c1-3-4-7-11(2)15(18)17-13-9-6-5-8-12(13)10-14(17)16(19)20/h11-14H,3-10H2,1-2H3,(H,19,20). The molecule has 4 unspecified atom stereocenters. The lowest BCUT2D eigenvalue weighted by molar-refractivity contribution is -0.151. The van der Waals surface area contributed by atoms with E-state index in [1.165, 1.54) is 6.42 Å². The van der Waals surface area contributed by atoms with Crippen LogP contribution in [0.1, 0.15) is 65.2 Å². The third kappa shape index (κ3) is 2.99. The number of rotatable bonds is 5. The Balaban J connectivity index is 2.12. The predicted molar refractivity (Wildman–Crippen MR) is 77.3 cm³/mol. The van der Waals surface area contributed by atoms with E-state index in [0.29, 0.717) is 12.3 Å². The number of hydrogen-bond donors (Lipinski definition) is 1. The Morgan fingerprint density at radius 1 is 1.30 bits per heavy atom. The van der Waals surface area contributed by atoms with Gasteiger partial charge in [0.25, 0.3) is 0 Å². The van der Waals surface area contributed by atoms with Gasteiger partial charge in [-0.25, -0.2) is 4.79 Å². The van der Waals surface area contributed by atoms with Gasteiger partial charge in [-0.1, -0.05) is 39.5 Å². The molecule has 1 N–H and O–H groups in total. The van der Waals surface area contributed by atoms with Crippen molar-refractivity contribution in [2.24, 2.45) is 11.8 Å². The summed E-state index contributed by atoms with van der Waals surface area (Å²) in [5, 5.41) is 9.44. The van der Waals surface area contributed by atoms with Crippen LogP contribution >= 0.6 is 0 Å². The lowest BCUT2D eigenvalue weighted by Crippen LogP contribution is -2.48. The molecule has 0 aromatic rings. The number of likely N-dealkylation sites (tertiary alicyclic amines) is 1. The van der Waals surface area contributed by atoms with Gasteiger partial charge in [0.1, 0.15) is 6.04 Å². The monoisotopic (exact) mass is 281 g/mol. The van der Waals surface area contributed by atoms with Gasteiger partial charge in [-0.3, -0.25) is 4.79 Å². The topological polar surface area (TPSA) is 57.6 Å². The molecule has 4 atom stereocenters. The Morgan fingerprint density at radius 3 is 2.65 bits per heavy atom. The third-order valence-corrected chi connectivity index (χ3v) is 5.04. The van der Waals surface area contributed by atoms with E-state index in [2.05, 4.69) is 6.92 Å². The summed E-state index contributed by atoms with van der Waals surface area (Å²) in [6.45, 7) is 4.07. The fourth-order valence-electron chi connectivity index (χ4n) is 3.89. The van der Waals surface area contributed by atoms with Crippen LogP contribution in [0.4, 0.5) is 0 Å². The van der Waals surface area contributed by atoms with E-state index in [0.717, 1.165) is 38.5 Å². The number of amides is 1. The summed E-state index contributed by atoms with van der Waals surface area (Å²) in [5.74, 6) is -0.389. The van der Waals surface area contributed by atoms with Gasteiger partial charge in [-0.15, -0.1) is 0 Å². The second-order valence-corrected chi connectivity index (χ2v) is 6.49. The molecule has 0 aromatic carbocycles. The zero-order chi connectivity index (χ0) is 14.7. The van der Waals surface area contributed by atoms with Crippen LogP contribution in [-0.2, 0) is 9.59 Å². The summed E-state index contributed by atoms with van der Waals surface area (Å²) in [5.41, 5.74) is 0. The number of aliphatic carboxylic acids is 1. The van der Waals surface area contributed by atoms with Gasteiger partial charge in [0, 0.05) is 12.0 Å². The maximum Gasteiger partial charge on any atom is 0.326 e. The molecule has 0 radical (unpaired) electrons. The highest BCUT2D eigenvalue weighted by molar-refractivity contribution is 5.86. The van der Waals surface area contributed by atoms with Crippen molar-refractivity contribution in [3.05, 3.63) is 0 Å². The number of carbonyl (C=O) groups is 2. The van der Waals surface area contributed by atoms with Crippen LogP contribution < -0.4 is 0 Å². The second-order valence-electron chi connectivity index (χ2n) is 6.49. The van der Waals surface area contributed by atoms with Crippen molar-refractivity contribution < 1.29 is 14.7 Å². The fraction of sp³-hybridized carbons (Fsp3) is 0.875. The number of unbranched alkanes of at least 4 members (excludes halogenated alkanes) is 1. The van der Waals surface area contributed by atoms with E-state index in [1.807, 2.05) is 6.92 Å². The maximum atomic E-state index is 12.7. The number of carboxylic acid groups (broad SMARTS) is 1. The van der Waals surface area contributed by atoms with Gasteiger partial charge in [0.2, 0.25) is 5.91 Å². The first-order valence-corrected chi connectivity index (χ1v) is 8.11. The van der Waals surface area contributed by atoms with Crippen LogP contribution in [0, 0.1) is 11.8 Å². The van der Waals surface area contributed by atoms with Gasteiger partial charge >= 0.3 is 5.97 Å². The minimum absolute atomic E-state index is 0.0440. The molecule has 4 nitrogen and oxygen atoms in total. The maximum absolute atomic E-state index is 12.7. The van der Waals surface area contributed by atoms with Crippen LogP contribution in [-0.4, -0.2) is 34.0 Å². The van der Waals surface area contributed by atoms with Gasteiger partial charge in [-0.2, -0.15) is 0 Å². The lowest BCUT2D eigenvalue weighted by atomic mass is 9.84. The van der Waals surface area contributed by atoms with E-state index >= 15 is 0 Å². The summed E-state index contributed by atoms with van der Waals surface area (Å²) in [7, 11) is 0. The molecule has 0 aromatic heterocycles. The molecule has 2 rings (SSSR count). The van der Waals surface area contributed by atoms with E-state index in [-0.39, 0.29) is 17.9 Å². The number of fused-ring (bicyclic) bond motifs is 1. The van der Waals surface area contributed by atoms with Crippen molar-refractivity contribution in [2.45, 2.75) is 77.3 Å². The largest absolute Gasteiger partial charge is 0.480 e. The van der Waals surface area contributed by atoms with Crippen LogP contribution in [0.2, 0.25) is 0 Å². The smallest absolute Gasteiger partial charge is 0.326 e. The van der Waals surface area contributed by atoms with Crippen molar-refractivity contribution in [3.8, 4) is 0 Å². The molecule has 114 valence electrons. The van der Waals surface area contributed by atoms with Gasteiger partial charge in [0.15, 0.2) is 0 Å². The molecule has 1 saturated carbocycles. The minimum atomic E-state index is -0.824. The van der Waals surface area contributed by atoms with Crippen molar-refractivity contribution >= 4 is 11.9 Å². The minimum Gasteiger partial charge on any atom is -0.480 e. The SMILES string of the molecule is CCCCC(C)C(=O)N1C(C(=O)O)CC2CCCCC21. The normalized spacial score (nSPS) is 30.9. The summed E-state index contributed by atoms with van der Waals surface area (Å²) in [6, 6.07) is -0.402. The summed E-state index contributed by atoms with van der Waals surface area (Å²) in [6.07, 6.45) is 8.02. The molecule has 2 fully saturated rings. The van der Waals surface area contributed by atoms with Gasteiger partial charge in [0.05, 0.1) is 0 Å². The lowest BCUT2D eigenvalue weighted by Gasteiger charge is -2.34. The van der Waals surface area contributed by atoms with Crippen LogP contribution in [0.5, 0.6) is 0 Å². The molecule has 1 saturated heterocycles. The Kier molecular flexibility index (Phi) is 5.06. The second kappa shape index (κ2) is 6.59. The summed E-state index contributed by atoms with van der Waals surface area (Å²) < 4.78 is 0. The Bertz CT molecular complexity index is 369. The summed E-state index contributed by atoms with van der Waals surface area (Å²) in [4.78, 5) is 25.9. The quantitative estimate of drug-likeness (QED) is 0.842. The van der Waals surface area contributed by atoms with E-state index in [1.54, 1.807) is 4.90 Å². The molecular weight excluding hydrogens is 254 g/mol. The Morgan fingerprint density at radius 2 is 2.00 bits per heavy atom. The van der Waals surface area contributed by atoms with Crippen molar-refractivity contribution in [3.63, 3.8) is 0 Å². The number of hydrogen-bond acceptors (Lipinski definition) is 2. The highest BCUT2D eigenvalue weighted by Crippen LogP contribution is 2.40. The van der Waals surface area contributed by atoms with Crippen LogP contribution in [0.15, 0.2) is 0 Å². The van der Waals surface area contributed by atoms with E-state index in [4.69, 9.17) is 0 Å². The van der Waals surface area contributed by atoms with Crippen LogP contribution in [0.3, 0.4) is 0 Å². The van der Waals surface area contributed by atoms with Crippen LogP contribution in [0.25, 0.3) is 0 Å². The third-order valence-electron chi connectivity index (χ3n) is 5.04. The fourth-order valence-corrected chi connectivity index (χ4v) is 3.89. The molecule has 1 heterocycles. The first-order valence-electron chi connectivity index (χ1n) is 8.11. The number of carbonyl (C=O) groups excluding carboxylic acids is 1. The summed E-state index contributed by atoms with van der Waals surface area (Å²) >= 11 is 0. The zero-order valence-corrected chi connectivity index (χ0v) is 12.7. The zero-order valence-electron chi connectivity index (χ0n) is 12.7. The van der Waals surface area contributed by atoms with Gasteiger partial charge < -0.3 is 10.0 Å². The molecule has 1 aliphatic carbocycles. The molecule has 2 aliphatic rings. The molecular formula is C16H27NO3. The van der Waals surface area contributed by atoms with E-state index in [9.17, 15) is 14.7 Å². The molecule has 0 spiro atoms. The molecule has 0 bridgehead atoms. The number of carboxylic acids is 1. The molecule has 1 amide bonds. The van der Waals surface area contributed by atoms with Gasteiger partial charge in [-0.05, 0) is 31.6 Å². The molecule has 20 heavy (non-hydrogen) atoms. The van der Waals surface area contributed by atoms with E-state index < -0.39 is 12.0 Å².